The quantitative estimate of drug-likeness (QED) is 0.421. The number of fused-ring (bicyclic) bond motifs is 1. The second-order valence-corrected chi connectivity index (χ2v) is 8.09. The van der Waals surface area contributed by atoms with Crippen molar-refractivity contribution in [3.8, 4) is 11.8 Å². The van der Waals surface area contributed by atoms with E-state index in [0.29, 0.717) is 16.6 Å². The molecule has 9 nitrogen and oxygen atoms in total. The number of hydrogen-bond acceptors (Lipinski definition) is 5. The Balaban J connectivity index is 1.99. The van der Waals surface area contributed by atoms with Gasteiger partial charge in [0.05, 0.1) is 16.8 Å². The lowest BCUT2D eigenvalue weighted by molar-refractivity contribution is -0.135. The van der Waals surface area contributed by atoms with E-state index in [1.165, 1.54) is 9.13 Å². The average Bonchev–Trinajstić information content (AvgIpc) is 2.83. The van der Waals surface area contributed by atoms with Crippen LogP contribution in [-0.2, 0) is 26.8 Å². The topological polar surface area (TPSA) is 127 Å². The Morgan fingerprint density at radius 1 is 1.32 bits per heavy atom. The fraction of sp³-hybridized carbons (Fsp3) is 0.333. The standard InChI is InChI=1S/C18H18N3O6S/c1-11(10-28(25,26)27)3-4-12-5-6-13-15(9-12)20(2)18(24)21(13)14-7-8-16(22)19-17(14)23/h5-6,9,11,14H,1,7-8,10H2,2H3,(H,19,22,23)(H,25,26,27). The van der Waals surface area contributed by atoms with E-state index < -0.39 is 39.4 Å². The highest BCUT2D eigenvalue weighted by molar-refractivity contribution is 7.85. The van der Waals surface area contributed by atoms with E-state index in [1.54, 1.807) is 25.2 Å². The maximum absolute atomic E-state index is 12.7. The minimum absolute atomic E-state index is 0.154. The van der Waals surface area contributed by atoms with Crippen LogP contribution < -0.4 is 11.0 Å². The minimum atomic E-state index is -4.17. The van der Waals surface area contributed by atoms with E-state index in [2.05, 4.69) is 24.1 Å². The Kier molecular flexibility index (Phi) is 5.14. The van der Waals surface area contributed by atoms with Crippen molar-refractivity contribution >= 4 is 33.0 Å². The number of hydrogen-bond donors (Lipinski definition) is 2. The van der Waals surface area contributed by atoms with Gasteiger partial charge < -0.3 is 0 Å². The molecule has 1 aliphatic heterocycles. The number of imidazole rings is 1. The maximum Gasteiger partial charge on any atom is 0.329 e. The van der Waals surface area contributed by atoms with Gasteiger partial charge >= 0.3 is 5.69 Å². The molecule has 28 heavy (non-hydrogen) atoms. The zero-order chi connectivity index (χ0) is 20.6. The molecule has 0 saturated carbocycles. The molecular weight excluding hydrogens is 386 g/mol. The van der Waals surface area contributed by atoms with Crippen molar-refractivity contribution in [2.75, 3.05) is 5.75 Å². The van der Waals surface area contributed by atoms with Crippen molar-refractivity contribution in [1.82, 2.24) is 14.5 Å². The van der Waals surface area contributed by atoms with Gasteiger partial charge in [0.15, 0.2) is 0 Å². The van der Waals surface area contributed by atoms with Gasteiger partial charge in [0, 0.05) is 24.9 Å². The third-order valence-corrected chi connectivity index (χ3v) is 5.27. The molecular formula is C18H18N3O6S. The van der Waals surface area contributed by atoms with E-state index in [4.69, 9.17) is 4.55 Å². The summed E-state index contributed by atoms with van der Waals surface area (Å²) < 4.78 is 33.3. The van der Waals surface area contributed by atoms with E-state index in [1.807, 2.05) is 0 Å². The van der Waals surface area contributed by atoms with Crippen molar-refractivity contribution in [2.24, 2.45) is 13.0 Å². The van der Waals surface area contributed by atoms with Crippen LogP contribution in [0.1, 0.15) is 24.4 Å². The molecule has 2 unspecified atom stereocenters. The van der Waals surface area contributed by atoms with Crippen LogP contribution in [0.25, 0.3) is 11.0 Å². The first-order valence-electron chi connectivity index (χ1n) is 8.41. The maximum atomic E-state index is 12.7. The number of carbonyl (C=O) groups is 2. The minimum Gasteiger partial charge on any atom is -0.295 e. The number of piperidine rings is 1. The summed E-state index contributed by atoms with van der Waals surface area (Å²) in [5, 5.41) is 2.25. The summed E-state index contributed by atoms with van der Waals surface area (Å²) in [5.41, 5.74) is 1.19. The van der Waals surface area contributed by atoms with Crippen LogP contribution in [0.5, 0.6) is 0 Å². The predicted octanol–water partition coefficient (Wildman–Crippen LogP) is 0.00729. The second-order valence-electron chi connectivity index (χ2n) is 6.60. The molecule has 0 aliphatic carbocycles. The molecule has 10 heteroatoms. The van der Waals surface area contributed by atoms with Gasteiger partial charge in [0.1, 0.15) is 6.04 Å². The Morgan fingerprint density at radius 2 is 2.04 bits per heavy atom. The number of carbonyl (C=O) groups excluding carboxylic acids is 2. The first kappa shape index (κ1) is 19.9. The normalized spacial score (nSPS) is 18.5. The lowest BCUT2D eigenvalue weighted by Crippen LogP contribution is -2.44. The highest BCUT2D eigenvalue weighted by Crippen LogP contribution is 2.23. The second kappa shape index (κ2) is 7.26. The van der Waals surface area contributed by atoms with Crippen molar-refractivity contribution in [3.63, 3.8) is 0 Å². The molecule has 2 amide bonds. The molecule has 1 aliphatic rings. The number of nitrogens with one attached hydrogen (secondary N) is 1. The summed E-state index contributed by atoms with van der Waals surface area (Å²) in [4.78, 5) is 36.2. The van der Waals surface area contributed by atoms with Crippen molar-refractivity contribution < 1.29 is 22.6 Å². The SMILES string of the molecule is [CH2]C(C#Cc1ccc2c(c1)n(C)c(=O)n2C1CCC(=O)NC1=O)CS(=O)(=O)O. The van der Waals surface area contributed by atoms with Crippen LogP contribution >= 0.6 is 0 Å². The summed E-state index contributed by atoms with van der Waals surface area (Å²) in [6.45, 7) is 3.57. The van der Waals surface area contributed by atoms with E-state index in [0.717, 1.165) is 0 Å². The van der Waals surface area contributed by atoms with Crippen molar-refractivity contribution in [2.45, 2.75) is 18.9 Å². The Morgan fingerprint density at radius 3 is 2.68 bits per heavy atom. The van der Waals surface area contributed by atoms with Crippen molar-refractivity contribution in [1.29, 1.82) is 0 Å². The highest BCUT2D eigenvalue weighted by atomic mass is 32.2. The van der Waals surface area contributed by atoms with Crippen LogP contribution in [0.3, 0.4) is 0 Å². The fourth-order valence-electron chi connectivity index (χ4n) is 3.15. The number of rotatable bonds is 3. The molecule has 147 valence electrons. The first-order valence-corrected chi connectivity index (χ1v) is 10.0. The Hall–Kier alpha value is -2.90. The molecule has 1 aromatic carbocycles. The molecule has 0 spiro atoms. The molecule has 1 radical (unpaired) electrons. The van der Waals surface area contributed by atoms with Gasteiger partial charge in [0.25, 0.3) is 10.1 Å². The molecule has 3 rings (SSSR count). The predicted molar refractivity (Wildman–Crippen MR) is 101 cm³/mol. The number of amides is 2. The molecule has 0 bridgehead atoms. The van der Waals surface area contributed by atoms with Crippen LogP contribution in [0.4, 0.5) is 0 Å². The largest absolute Gasteiger partial charge is 0.329 e. The van der Waals surface area contributed by atoms with Gasteiger partial charge in [-0.25, -0.2) is 4.79 Å². The Labute approximate surface area is 161 Å². The highest BCUT2D eigenvalue weighted by Gasteiger charge is 2.31. The van der Waals surface area contributed by atoms with Crippen LogP contribution in [0.2, 0.25) is 0 Å². The molecule has 2 aromatic rings. The lowest BCUT2D eigenvalue weighted by atomic mass is 10.1. The zero-order valence-corrected chi connectivity index (χ0v) is 15.8. The third kappa shape index (κ3) is 4.00. The first-order chi connectivity index (χ1) is 13.1. The summed E-state index contributed by atoms with van der Waals surface area (Å²) in [5.74, 6) is 3.14. The van der Waals surface area contributed by atoms with Gasteiger partial charge in [0.2, 0.25) is 11.8 Å². The summed E-state index contributed by atoms with van der Waals surface area (Å²) in [6, 6.07) is 4.15. The smallest absolute Gasteiger partial charge is 0.295 e. The average molecular weight is 404 g/mol. The number of aromatic nitrogens is 2. The van der Waals surface area contributed by atoms with Gasteiger partial charge in [-0.1, -0.05) is 11.8 Å². The van der Waals surface area contributed by atoms with Crippen LogP contribution in [0.15, 0.2) is 23.0 Å². The van der Waals surface area contributed by atoms with Crippen molar-refractivity contribution in [3.05, 3.63) is 41.2 Å². The van der Waals surface area contributed by atoms with Gasteiger partial charge in [-0.05, 0) is 31.5 Å². The fourth-order valence-corrected chi connectivity index (χ4v) is 3.74. The molecule has 2 heterocycles. The summed E-state index contributed by atoms with van der Waals surface area (Å²) >= 11 is 0. The number of imide groups is 1. The number of aryl methyl sites for hydroxylation is 1. The van der Waals surface area contributed by atoms with E-state index >= 15 is 0 Å². The summed E-state index contributed by atoms with van der Waals surface area (Å²) in [6.07, 6.45) is 0.394. The van der Waals surface area contributed by atoms with E-state index in [-0.39, 0.29) is 18.7 Å². The monoisotopic (exact) mass is 404 g/mol. The molecule has 1 aromatic heterocycles. The zero-order valence-electron chi connectivity index (χ0n) is 15.0. The molecule has 1 saturated heterocycles. The Bertz CT molecular complexity index is 1200. The summed E-state index contributed by atoms with van der Waals surface area (Å²) in [7, 11) is -2.61. The van der Waals surface area contributed by atoms with E-state index in [9.17, 15) is 22.8 Å². The van der Waals surface area contributed by atoms with Crippen LogP contribution in [0, 0.1) is 24.7 Å². The molecule has 1 fully saturated rings. The molecule has 2 atom stereocenters. The van der Waals surface area contributed by atoms with Crippen LogP contribution in [-0.4, -0.2) is 39.7 Å². The van der Waals surface area contributed by atoms with Gasteiger partial charge in [-0.3, -0.25) is 28.6 Å². The van der Waals surface area contributed by atoms with Gasteiger partial charge in [-0.2, -0.15) is 8.42 Å². The molecule has 2 N–H and O–H groups in total. The third-order valence-electron chi connectivity index (χ3n) is 4.44. The number of benzene rings is 1. The van der Waals surface area contributed by atoms with Gasteiger partial charge in [-0.15, -0.1) is 0 Å². The number of nitrogens with zero attached hydrogens (tertiary/aromatic N) is 2. The lowest BCUT2D eigenvalue weighted by Gasteiger charge is -2.21.